The molecule has 2 aromatic rings. The van der Waals surface area contributed by atoms with Crippen molar-refractivity contribution in [3.63, 3.8) is 0 Å². The lowest BCUT2D eigenvalue weighted by Gasteiger charge is -2.06. The third-order valence-electron chi connectivity index (χ3n) is 2.54. The molecule has 2 N–H and O–H groups in total. The summed E-state index contributed by atoms with van der Waals surface area (Å²) in [6, 6.07) is 18.7. The zero-order chi connectivity index (χ0) is 14.2. The Morgan fingerprint density at radius 2 is 1.55 bits per heavy atom. The Labute approximate surface area is 123 Å². The van der Waals surface area contributed by atoms with Crippen LogP contribution in [0.3, 0.4) is 0 Å². The minimum absolute atomic E-state index is 0.0689. The van der Waals surface area contributed by atoms with Gasteiger partial charge >= 0.3 is 0 Å². The molecule has 0 fully saturated rings. The molecule has 3 nitrogen and oxygen atoms in total. The molecular weight excluding hydrogens is 268 g/mol. The molecule has 0 heterocycles. The number of hydrogen-bond donors (Lipinski definition) is 2. The SMILES string of the molecule is O=C(C=CNC(=S)Nc1ccccc1)c1ccccc1. The van der Waals surface area contributed by atoms with Crippen LogP contribution in [0.2, 0.25) is 0 Å². The monoisotopic (exact) mass is 282 g/mol. The van der Waals surface area contributed by atoms with Crippen molar-refractivity contribution in [3.8, 4) is 0 Å². The van der Waals surface area contributed by atoms with Gasteiger partial charge in [-0.25, -0.2) is 0 Å². The Kier molecular flexibility index (Phi) is 5.03. The van der Waals surface area contributed by atoms with E-state index < -0.39 is 0 Å². The number of ketones is 1. The molecule has 0 atom stereocenters. The number of carbonyl (C=O) groups excluding carboxylic acids is 1. The third kappa shape index (κ3) is 4.33. The first kappa shape index (κ1) is 14.0. The summed E-state index contributed by atoms with van der Waals surface area (Å²) in [7, 11) is 0. The molecule has 0 saturated heterocycles. The van der Waals surface area contributed by atoms with Crippen molar-refractivity contribution >= 4 is 28.8 Å². The predicted molar refractivity (Wildman–Crippen MR) is 85.7 cm³/mol. The van der Waals surface area contributed by atoms with Crippen LogP contribution in [-0.4, -0.2) is 10.9 Å². The van der Waals surface area contributed by atoms with Crippen LogP contribution in [0.5, 0.6) is 0 Å². The number of nitrogens with one attached hydrogen (secondary N) is 2. The van der Waals surface area contributed by atoms with Crippen LogP contribution in [-0.2, 0) is 0 Å². The van der Waals surface area contributed by atoms with Gasteiger partial charge in [-0.2, -0.15) is 0 Å². The quantitative estimate of drug-likeness (QED) is 0.512. The van der Waals surface area contributed by atoms with Crippen LogP contribution in [0.4, 0.5) is 5.69 Å². The molecule has 20 heavy (non-hydrogen) atoms. The zero-order valence-corrected chi connectivity index (χ0v) is 11.6. The molecule has 2 aromatic carbocycles. The van der Waals surface area contributed by atoms with Crippen molar-refractivity contribution in [2.45, 2.75) is 0 Å². The van der Waals surface area contributed by atoms with Gasteiger partial charge in [-0.1, -0.05) is 48.5 Å². The number of thiocarbonyl (C=S) groups is 1. The third-order valence-corrected chi connectivity index (χ3v) is 2.76. The van der Waals surface area contributed by atoms with Gasteiger partial charge in [0.05, 0.1) is 0 Å². The van der Waals surface area contributed by atoms with E-state index in [1.165, 1.54) is 12.3 Å². The van der Waals surface area contributed by atoms with Crippen LogP contribution >= 0.6 is 12.2 Å². The van der Waals surface area contributed by atoms with Crippen molar-refractivity contribution in [2.24, 2.45) is 0 Å². The highest BCUT2D eigenvalue weighted by Crippen LogP contribution is 2.04. The minimum Gasteiger partial charge on any atom is -0.339 e. The standard InChI is InChI=1S/C16H14N2OS/c19-15(13-7-3-1-4-8-13)11-12-17-16(20)18-14-9-5-2-6-10-14/h1-12H,(H2,17,18,20). The van der Waals surface area contributed by atoms with Gasteiger partial charge in [0.15, 0.2) is 10.9 Å². The van der Waals surface area contributed by atoms with E-state index in [1.807, 2.05) is 48.5 Å². The summed E-state index contributed by atoms with van der Waals surface area (Å²) in [6.45, 7) is 0. The molecular formula is C16H14N2OS. The number of anilines is 1. The largest absolute Gasteiger partial charge is 0.339 e. The van der Waals surface area contributed by atoms with Crippen molar-refractivity contribution in [1.82, 2.24) is 5.32 Å². The van der Waals surface area contributed by atoms with E-state index in [0.717, 1.165) is 5.69 Å². The second-order valence-corrected chi connectivity index (χ2v) is 4.44. The molecule has 4 heteroatoms. The maximum Gasteiger partial charge on any atom is 0.187 e. The molecule has 0 spiro atoms. The summed E-state index contributed by atoms with van der Waals surface area (Å²) in [4.78, 5) is 11.8. The maximum absolute atomic E-state index is 11.8. The molecule has 0 unspecified atom stereocenters. The van der Waals surface area contributed by atoms with E-state index in [4.69, 9.17) is 12.2 Å². The van der Waals surface area contributed by atoms with Gasteiger partial charge in [-0.05, 0) is 24.4 Å². The molecule has 0 radical (unpaired) electrons. The van der Waals surface area contributed by atoms with E-state index in [0.29, 0.717) is 10.7 Å². The molecule has 2 rings (SSSR count). The first-order chi connectivity index (χ1) is 9.75. The molecule has 0 aromatic heterocycles. The number of carbonyl (C=O) groups is 1. The van der Waals surface area contributed by atoms with Crippen LogP contribution in [0.1, 0.15) is 10.4 Å². The summed E-state index contributed by atoms with van der Waals surface area (Å²) in [5.41, 5.74) is 1.54. The Morgan fingerprint density at radius 3 is 2.20 bits per heavy atom. The van der Waals surface area contributed by atoms with E-state index >= 15 is 0 Å². The second-order valence-electron chi connectivity index (χ2n) is 4.03. The summed E-state index contributed by atoms with van der Waals surface area (Å²) in [6.07, 6.45) is 2.99. The molecule has 0 bridgehead atoms. The lowest BCUT2D eigenvalue weighted by atomic mass is 10.1. The first-order valence-electron chi connectivity index (χ1n) is 6.14. The number of allylic oxidation sites excluding steroid dienone is 1. The highest BCUT2D eigenvalue weighted by molar-refractivity contribution is 7.80. The van der Waals surface area contributed by atoms with Crippen LogP contribution in [0.25, 0.3) is 0 Å². The van der Waals surface area contributed by atoms with Crippen LogP contribution in [0.15, 0.2) is 72.9 Å². The fraction of sp³-hybridized carbons (Fsp3) is 0. The van der Waals surface area contributed by atoms with Gasteiger partial charge in [0.1, 0.15) is 0 Å². The molecule has 0 aliphatic heterocycles. The zero-order valence-electron chi connectivity index (χ0n) is 10.7. The fourth-order valence-electron chi connectivity index (χ4n) is 1.58. The minimum atomic E-state index is -0.0689. The Balaban J connectivity index is 1.84. The van der Waals surface area contributed by atoms with Crippen LogP contribution in [0, 0.1) is 0 Å². The van der Waals surface area contributed by atoms with E-state index in [-0.39, 0.29) is 5.78 Å². The van der Waals surface area contributed by atoms with E-state index in [9.17, 15) is 4.79 Å². The van der Waals surface area contributed by atoms with Crippen molar-refractivity contribution in [1.29, 1.82) is 0 Å². The number of benzene rings is 2. The van der Waals surface area contributed by atoms with Gasteiger partial charge in [0, 0.05) is 23.5 Å². The van der Waals surface area contributed by atoms with Gasteiger partial charge in [0.25, 0.3) is 0 Å². The maximum atomic E-state index is 11.8. The number of para-hydroxylation sites is 1. The fourth-order valence-corrected chi connectivity index (χ4v) is 1.77. The van der Waals surface area contributed by atoms with Crippen molar-refractivity contribution in [3.05, 3.63) is 78.5 Å². The average molecular weight is 282 g/mol. The highest BCUT2D eigenvalue weighted by atomic mass is 32.1. The Hall–Kier alpha value is -2.46. The van der Waals surface area contributed by atoms with Crippen molar-refractivity contribution in [2.75, 3.05) is 5.32 Å². The van der Waals surface area contributed by atoms with E-state index in [2.05, 4.69) is 10.6 Å². The normalized spacial score (nSPS) is 10.2. The van der Waals surface area contributed by atoms with E-state index in [1.54, 1.807) is 12.1 Å². The lowest BCUT2D eigenvalue weighted by molar-refractivity contribution is 0.104. The lowest BCUT2D eigenvalue weighted by Crippen LogP contribution is -2.23. The molecule has 0 saturated carbocycles. The van der Waals surface area contributed by atoms with Gasteiger partial charge in [-0.3, -0.25) is 4.79 Å². The number of rotatable bonds is 4. The predicted octanol–water partition coefficient (Wildman–Crippen LogP) is 3.37. The van der Waals surface area contributed by atoms with Gasteiger partial charge in [-0.15, -0.1) is 0 Å². The van der Waals surface area contributed by atoms with Crippen LogP contribution < -0.4 is 10.6 Å². The molecule has 0 amide bonds. The molecule has 100 valence electrons. The van der Waals surface area contributed by atoms with Gasteiger partial charge < -0.3 is 10.6 Å². The molecule has 0 aliphatic rings. The van der Waals surface area contributed by atoms with Gasteiger partial charge in [0.2, 0.25) is 0 Å². The topological polar surface area (TPSA) is 41.1 Å². The molecule has 0 aliphatic carbocycles. The Morgan fingerprint density at radius 1 is 0.950 bits per heavy atom. The van der Waals surface area contributed by atoms with Crippen molar-refractivity contribution < 1.29 is 4.79 Å². The summed E-state index contributed by atoms with van der Waals surface area (Å²) >= 11 is 5.12. The summed E-state index contributed by atoms with van der Waals surface area (Å²) in [5, 5.41) is 6.30. The smallest absolute Gasteiger partial charge is 0.187 e. The summed E-state index contributed by atoms with van der Waals surface area (Å²) in [5.74, 6) is -0.0689. The Bertz CT molecular complexity index is 609. The number of hydrogen-bond acceptors (Lipinski definition) is 2. The highest BCUT2D eigenvalue weighted by Gasteiger charge is 1.99. The first-order valence-corrected chi connectivity index (χ1v) is 6.55. The summed E-state index contributed by atoms with van der Waals surface area (Å²) < 4.78 is 0. The average Bonchev–Trinajstić information content (AvgIpc) is 2.49. The second kappa shape index (κ2) is 7.21.